The van der Waals surface area contributed by atoms with Crippen molar-refractivity contribution in [3.05, 3.63) is 14.7 Å². The van der Waals surface area contributed by atoms with E-state index in [0.29, 0.717) is 6.42 Å². The van der Waals surface area contributed by atoms with Gasteiger partial charge in [-0.15, -0.1) is 0 Å². The van der Waals surface area contributed by atoms with E-state index in [0.717, 1.165) is 0 Å². The Hall–Kier alpha value is -1.28. The number of aliphatic hydroxyl groups excluding tert-OH is 1. The first kappa shape index (κ1) is 11.8. The van der Waals surface area contributed by atoms with E-state index in [4.69, 9.17) is 4.74 Å². The van der Waals surface area contributed by atoms with E-state index >= 15 is 0 Å². The largest absolute Gasteiger partial charge is 0.366 e. The van der Waals surface area contributed by atoms with Crippen molar-refractivity contribution in [2.45, 2.75) is 43.9 Å². The summed E-state index contributed by atoms with van der Waals surface area (Å²) in [6, 6.07) is -3.69. The average Bonchev–Trinajstić information content (AvgIpc) is 2.27. The van der Waals surface area contributed by atoms with Crippen molar-refractivity contribution in [3.8, 4) is 0 Å². The molecule has 15 heavy (non-hydrogen) atoms. The second-order valence-corrected chi connectivity index (χ2v) is 3.26. The molecule has 1 aliphatic rings. The summed E-state index contributed by atoms with van der Waals surface area (Å²) < 4.78 is 4.94. The molecule has 1 aliphatic heterocycles. The molecule has 1 fully saturated rings. The Morgan fingerprint density at radius 1 is 1.07 bits per heavy atom. The summed E-state index contributed by atoms with van der Waals surface area (Å²) in [6.45, 7) is 1.70. The maximum atomic E-state index is 10.5. The van der Waals surface area contributed by atoms with Crippen molar-refractivity contribution in [2.24, 2.45) is 15.5 Å². The number of rotatable bonds is 4. The zero-order valence-electron chi connectivity index (χ0n) is 8.02. The summed E-state index contributed by atoms with van der Waals surface area (Å²) in [5, 5.41) is 17.2. The van der Waals surface area contributed by atoms with Gasteiger partial charge in [0.05, 0.1) is 6.10 Å². The lowest BCUT2D eigenvalue weighted by molar-refractivity contribution is -0.183. The normalized spacial score (nSPS) is 40.8. The lowest BCUT2D eigenvalue weighted by atomic mass is 9.92. The van der Waals surface area contributed by atoms with Gasteiger partial charge in [0, 0.05) is 0 Å². The van der Waals surface area contributed by atoms with Crippen LogP contribution in [0.3, 0.4) is 0 Å². The van der Waals surface area contributed by atoms with Gasteiger partial charge in [0.15, 0.2) is 18.4 Å². The highest BCUT2D eigenvalue weighted by atomic mass is 16.6. The van der Waals surface area contributed by atoms with E-state index in [1.807, 2.05) is 0 Å². The number of aliphatic hydroxyl groups is 1. The highest BCUT2D eigenvalue weighted by molar-refractivity contribution is 5.00. The van der Waals surface area contributed by atoms with Crippen molar-refractivity contribution in [3.63, 3.8) is 0 Å². The summed E-state index contributed by atoms with van der Waals surface area (Å²) in [5.41, 5.74) is 0. The summed E-state index contributed by atoms with van der Waals surface area (Å²) in [5.74, 6) is 0. The second-order valence-electron chi connectivity index (χ2n) is 3.26. The molecule has 1 rings (SSSR count). The molecule has 8 heteroatoms. The van der Waals surface area contributed by atoms with Crippen LogP contribution in [0.2, 0.25) is 0 Å². The van der Waals surface area contributed by atoms with Crippen LogP contribution < -0.4 is 0 Å². The van der Waals surface area contributed by atoms with Crippen LogP contribution in [0.1, 0.15) is 13.3 Å². The number of hydrogen-bond acceptors (Lipinski definition) is 8. The van der Waals surface area contributed by atoms with Crippen LogP contribution in [0.5, 0.6) is 0 Å². The van der Waals surface area contributed by atoms with E-state index in [1.165, 1.54) is 0 Å². The molecule has 0 saturated carbocycles. The molecule has 1 N–H and O–H groups in total. The van der Waals surface area contributed by atoms with Gasteiger partial charge in [0.1, 0.15) is 6.04 Å². The molecule has 0 radical (unpaired) electrons. The second kappa shape index (κ2) is 4.99. The van der Waals surface area contributed by atoms with Crippen molar-refractivity contribution >= 4 is 0 Å². The Morgan fingerprint density at radius 3 is 2.00 bits per heavy atom. The van der Waals surface area contributed by atoms with E-state index < -0.39 is 30.5 Å². The van der Waals surface area contributed by atoms with Gasteiger partial charge in [-0.2, -0.15) is 14.7 Å². The third kappa shape index (κ3) is 2.05. The maximum Gasteiger partial charge on any atom is 0.183 e. The Labute approximate surface area is 84.9 Å². The van der Waals surface area contributed by atoms with Crippen molar-refractivity contribution in [2.75, 3.05) is 0 Å². The van der Waals surface area contributed by atoms with Crippen molar-refractivity contribution < 1.29 is 9.84 Å². The molecule has 1 saturated heterocycles. The zero-order chi connectivity index (χ0) is 11.4. The topological polar surface area (TPSA) is 118 Å². The number of nitroso groups, excluding NO2 is 3. The van der Waals surface area contributed by atoms with E-state index in [9.17, 15) is 19.8 Å². The zero-order valence-corrected chi connectivity index (χ0v) is 8.02. The smallest absolute Gasteiger partial charge is 0.183 e. The first-order chi connectivity index (χ1) is 7.19. The fourth-order valence-electron chi connectivity index (χ4n) is 1.64. The quantitative estimate of drug-likeness (QED) is 0.688. The molecule has 0 aromatic rings. The lowest BCUT2D eigenvalue weighted by Gasteiger charge is -2.35. The Bertz CT molecular complexity index is 261. The lowest BCUT2D eigenvalue weighted by Crippen LogP contribution is -2.54. The van der Waals surface area contributed by atoms with Gasteiger partial charge >= 0.3 is 0 Å². The van der Waals surface area contributed by atoms with Crippen LogP contribution >= 0.6 is 0 Å². The standard InChI is InChI=1S/C7H11N3O5/c1-2-3-4(8-12)5(9-13)6(10-14)7(11)15-3/h3-7,11H,2H2,1H3. The molecule has 5 unspecified atom stereocenters. The Balaban J connectivity index is 2.94. The Kier molecular flexibility index (Phi) is 3.92. The summed E-state index contributed by atoms with van der Waals surface area (Å²) in [6.07, 6.45) is -1.84. The van der Waals surface area contributed by atoms with Gasteiger partial charge in [-0.3, -0.25) is 0 Å². The molecular formula is C7H11N3O5. The van der Waals surface area contributed by atoms with Crippen molar-refractivity contribution in [1.82, 2.24) is 0 Å². The molecule has 0 spiro atoms. The minimum atomic E-state index is -1.51. The molecular weight excluding hydrogens is 206 g/mol. The SMILES string of the molecule is CCC1OC(O)C(N=O)C(N=O)C1N=O. The molecule has 0 aromatic heterocycles. The van der Waals surface area contributed by atoms with Gasteiger partial charge in [-0.1, -0.05) is 22.5 Å². The summed E-state index contributed by atoms with van der Waals surface area (Å²) in [7, 11) is 0. The van der Waals surface area contributed by atoms with Crippen LogP contribution in [-0.4, -0.2) is 35.6 Å². The molecule has 8 nitrogen and oxygen atoms in total. The predicted octanol–water partition coefficient (Wildman–Crippen LogP) is 0.519. The molecule has 1 heterocycles. The number of ether oxygens (including phenoxy) is 1. The molecule has 0 aliphatic carbocycles. The van der Waals surface area contributed by atoms with Gasteiger partial charge in [0.25, 0.3) is 0 Å². The van der Waals surface area contributed by atoms with Crippen LogP contribution in [0.15, 0.2) is 15.5 Å². The molecule has 84 valence electrons. The van der Waals surface area contributed by atoms with Gasteiger partial charge in [-0.25, -0.2) is 0 Å². The fourth-order valence-corrected chi connectivity index (χ4v) is 1.64. The minimum Gasteiger partial charge on any atom is -0.366 e. The van der Waals surface area contributed by atoms with Gasteiger partial charge in [-0.05, 0) is 6.42 Å². The third-order valence-electron chi connectivity index (χ3n) is 2.45. The van der Waals surface area contributed by atoms with Gasteiger partial charge in [0.2, 0.25) is 0 Å². The summed E-state index contributed by atoms with van der Waals surface area (Å²) >= 11 is 0. The van der Waals surface area contributed by atoms with Crippen LogP contribution in [-0.2, 0) is 4.74 Å². The highest BCUT2D eigenvalue weighted by Crippen LogP contribution is 2.28. The van der Waals surface area contributed by atoms with E-state index in [-0.39, 0.29) is 0 Å². The van der Waals surface area contributed by atoms with Crippen LogP contribution in [0.25, 0.3) is 0 Å². The fraction of sp³-hybridized carbons (Fsp3) is 1.00. The van der Waals surface area contributed by atoms with E-state index in [2.05, 4.69) is 15.5 Å². The van der Waals surface area contributed by atoms with Gasteiger partial charge < -0.3 is 9.84 Å². The average molecular weight is 217 g/mol. The monoisotopic (exact) mass is 217 g/mol. The van der Waals surface area contributed by atoms with Crippen LogP contribution in [0.4, 0.5) is 0 Å². The predicted molar refractivity (Wildman–Crippen MR) is 49.9 cm³/mol. The maximum absolute atomic E-state index is 10.5. The van der Waals surface area contributed by atoms with E-state index in [1.54, 1.807) is 6.92 Å². The molecule has 0 bridgehead atoms. The van der Waals surface area contributed by atoms with Crippen LogP contribution in [0, 0.1) is 14.7 Å². The summed E-state index contributed by atoms with van der Waals surface area (Å²) in [4.78, 5) is 31.4. The number of hydrogen-bond donors (Lipinski definition) is 1. The highest BCUT2D eigenvalue weighted by Gasteiger charge is 2.48. The third-order valence-corrected chi connectivity index (χ3v) is 2.45. The molecule has 5 atom stereocenters. The first-order valence-corrected chi connectivity index (χ1v) is 4.50. The minimum absolute atomic E-state index is 0.380. The molecule has 0 amide bonds. The molecule has 0 aromatic carbocycles. The Morgan fingerprint density at radius 2 is 1.60 bits per heavy atom. The first-order valence-electron chi connectivity index (χ1n) is 4.50. The van der Waals surface area contributed by atoms with Crippen molar-refractivity contribution in [1.29, 1.82) is 0 Å². The number of nitrogens with zero attached hydrogens (tertiary/aromatic N) is 3.